The quantitative estimate of drug-likeness (QED) is 0.194. The van der Waals surface area contributed by atoms with Crippen molar-refractivity contribution in [1.29, 1.82) is 0 Å². The summed E-state index contributed by atoms with van der Waals surface area (Å²) in [6.45, 7) is 12.0. The number of hydrogen-bond donors (Lipinski definition) is 1. The smallest absolute Gasteiger partial charge is 0.302 e. The summed E-state index contributed by atoms with van der Waals surface area (Å²) in [6, 6.07) is 14.0. The molecule has 0 amide bonds. The van der Waals surface area contributed by atoms with E-state index in [9.17, 15) is 4.79 Å². The molecule has 0 saturated heterocycles. The number of unbranched alkanes of at least 4 members (excludes halogenated alkanes) is 2. The van der Waals surface area contributed by atoms with E-state index in [1.54, 1.807) is 0 Å². The number of carbonyl (C=O) groups excluding carboxylic acids is 1. The zero-order valence-corrected chi connectivity index (χ0v) is 23.2. The molecule has 1 N–H and O–H groups in total. The molecule has 3 nitrogen and oxygen atoms in total. The lowest BCUT2D eigenvalue weighted by atomic mass is 9.76. The number of carbonyl (C=O) groups is 1. The minimum absolute atomic E-state index is 0.0833. The van der Waals surface area contributed by atoms with Crippen molar-refractivity contribution in [3.8, 4) is 11.1 Å². The van der Waals surface area contributed by atoms with Gasteiger partial charge in [-0.15, -0.1) is 6.58 Å². The van der Waals surface area contributed by atoms with Crippen LogP contribution < -0.4 is 0 Å². The Morgan fingerprint density at radius 2 is 1.75 bits per heavy atom. The molecule has 0 heterocycles. The maximum absolute atomic E-state index is 10.9. The summed E-state index contributed by atoms with van der Waals surface area (Å²) in [4.78, 5) is 10.9. The van der Waals surface area contributed by atoms with E-state index in [4.69, 9.17) is 9.84 Å². The molecular formula is C33H48O3. The number of esters is 1. The van der Waals surface area contributed by atoms with E-state index in [2.05, 4.69) is 63.7 Å². The van der Waals surface area contributed by atoms with Crippen molar-refractivity contribution >= 4 is 5.97 Å². The molecule has 1 aliphatic carbocycles. The van der Waals surface area contributed by atoms with Crippen LogP contribution in [-0.2, 0) is 16.0 Å². The SMILES string of the molecule is C=CCO.CCCCCC1CCC(c2ccc(-c3ccc(CCCOC(C)=O)c(C)c3)c(C)c2)CC1. The lowest BCUT2D eigenvalue weighted by molar-refractivity contribution is -0.141. The number of aliphatic hydroxyl groups excluding tert-OH is 1. The molecule has 0 unspecified atom stereocenters. The Bertz CT molecular complexity index is 938. The maximum Gasteiger partial charge on any atom is 0.302 e. The molecule has 1 saturated carbocycles. The van der Waals surface area contributed by atoms with E-state index in [1.807, 2.05) is 0 Å². The number of benzene rings is 2. The van der Waals surface area contributed by atoms with Gasteiger partial charge in [-0.25, -0.2) is 0 Å². The van der Waals surface area contributed by atoms with Crippen molar-refractivity contribution in [3.05, 3.63) is 71.3 Å². The predicted molar refractivity (Wildman–Crippen MR) is 152 cm³/mol. The largest absolute Gasteiger partial charge is 0.466 e. The third-order valence-electron chi connectivity index (χ3n) is 7.46. The van der Waals surface area contributed by atoms with Crippen LogP contribution in [0.3, 0.4) is 0 Å². The minimum atomic E-state index is -0.198. The summed E-state index contributed by atoms with van der Waals surface area (Å²) in [5, 5.41) is 7.76. The van der Waals surface area contributed by atoms with Crippen molar-refractivity contribution in [2.75, 3.05) is 13.2 Å². The average molecular weight is 493 g/mol. The third kappa shape index (κ3) is 9.93. The van der Waals surface area contributed by atoms with E-state index in [0.717, 1.165) is 24.7 Å². The van der Waals surface area contributed by atoms with Gasteiger partial charge in [0, 0.05) is 6.92 Å². The Balaban J connectivity index is 0.00000106. The first-order chi connectivity index (χ1) is 17.4. The fraction of sp³-hybridized carbons (Fsp3) is 0.545. The Morgan fingerprint density at radius 1 is 1.03 bits per heavy atom. The minimum Gasteiger partial charge on any atom is -0.466 e. The first kappa shape index (κ1) is 29.8. The average Bonchev–Trinajstić information content (AvgIpc) is 2.88. The van der Waals surface area contributed by atoms with Crippen LogP contribution in [0.4, 0.5) is 0 Å². The molecule has 0 radical (unpaired) electrons. The number of rotatable bonds is 11. The van der Waals surface area contributed by atoms with Crippen LogP contribution in [0.1, 0.15) is 99.8 Å². The molecule has 0 aromatic heterocycles. The number of aliphatic hydroxyl groups is 1. The molecule has 2 aromatic carbocycles. The van der Waals surface area contributed by atoms with E-state index < -0.39 is 0 Å². The van der Waals surface area contributed by atoms with Gasteiger partial charge in [-0.3, -0.25) is 4.79 Å². The van der Waals surface area contributed by atoms with E-state index >= 15 is 0 Å². The van der Waals surface area contributed by atoms with Gasteiger partial charge in [-0.05, 0) is 97.6 Å². The Kier molecular flexibility index (Phi) is 13.6. The second-order valence-corrected chi connectivity index (χ2v) is 10.3. The highest BCUT2D eigenvalue weighted by molar-refractivity contribution is 5.69. The molecule has 3 heteroatoms. The highest BCUT2D eigenvalue weighted by Crippen LogP contribution is 2.39. The lowest BCUT2D eigenvalue weighted by Crippen LogP contribution is -2.13. The Hall–Kier alpha value is -2.39. The van der Waals surface area contributed by atoms with E-state index in [-0.39, 0.29) is 12.6 Å². The Morgan fingerprint density at radius 3 is 2.33 bits per heavy atom. The standard InChI is InChI=1S/C30H42O2.C3H6O/c1-5-6-7-9-25-11-13-27(14-12-25)28-17-18-30(23(3)21-28)29-16-15-26(22(2)20-29)10-8-19-32-24(4)31;1-2-3-4/h15-18,20-21,25,27H,5-14,19H2,1-4H3;2,4H,1,3H2. The van der Waals surface area contributed by atoms with Gasteiger partial charge in [0.05, 0.1) is 13.2 Å². The second kappa shape index (κ2) is 16.4. The molecule has 36 heavy (non-hydrogen) atoms. The first-order valence-electron chi connectivity index (χ1n) is 13.9. The number of aryl methyl sites for hydroxylation is 3. The second-order valence-electron chi connectivity index (χ2n) is 10.3. The predicted octanol–water partition coefficient (Wildman–Crippen LogP) is 8.48. The van der Waals surface area contributed by atoms with Crippen LogP contribution in [0.2, 0.25) is 0 Å². The van der Waals surface area contributed by atoms with E-state index in [1.165, 1.54) is 97.7 Å². The summed E-state index contributed by atoms with van der Waals surface area (Å²) < 4.78 is 5.06. The van der Waals surface area contributed by atoms with Crippen LogP contribution in [0, 0.1) is 19.8 Å². The van der Waals surface area contributed by atoms with Crippen molar-refractivity contribution in [1.82, 2.24) is 0 Å². The normalized spacial score (nSPS) is 17.1. The molecule has 3 rings (SSSR count). The summed E-state index contributed by atoms with van der Waals surface area (Å²) in [7, 11) is 0. The summed E-state index contributed by atoms with van der Waals surface area (Å²) in [6.07, 6.45) is 14.4. The van der Waals surface area contributed by atoms with Crippen LogP contribution in [-0.4, -0.2) is 24.3 Å². The highest BCUT2D eigenvalue weighted by Gasteiger charge is 2.22. The topological polar surface area (TPSA) is 46.5 Å². The van der Waals surface area contributed by atoms with Crippen LogP contribution in [0.25, 0.3) is 11.1 Å². The first-order valence-corrected chi connectivity index (χ1v) is 13.9. The van der Waals surface area contributed by atoms with Crippen LogP contribution in [0.15, 0.2) is 49.1 Å². The van der Waals surface area contributed by atoms with Crippen molar-refractivity contribution in [2.45, 2.75) is 97.8 Å². The van der Waals surface area contributed by atoms with Gasteiger partial charge in [0.1, 0.15) is 0 Å². The molecule has 2 aromatic rings. The lowest BCUT2D eigenvalue weighted by Gasteiger charge is -2.29. The molecule has 0 aliphatic heterocycles. The van der Waals surface area contributed by atoms with Gasteiger partial charge >= 0.3 is 5.97 Å². The van der Waals surface area contributed by atoms with Gasteiger partial charge < -0.3 is 9.84 Å². The van der Waals surface area contributed by atoms with Gasteiger partial charge in [0.2, 0.25) is 0 Å². The molecule has 198 valence electrons. The fourth-order valence-electron chi connectivity index (χ4n) is 5.35. The van der Waals surface area contributed by atoms with Crippen molar-refractivity contribution in [2.24, 2.45) is 5.92 Å². The van der Waals surface area contributed by atoms with Gasteiger partial charge in [0.15, 0.2) is 0 Å². The van der Waals surface area contributed by atoms with Crippen molar-refractivity contribution < 1.29 is 14.6 Å². The summed E-state index contributed by atoms with van der Waals surface area (Å²) in [5.74, 6) is 1.51. The third-order valence-corrected chi connectivity index (χ3v) is 7.46. The molecular weight excluding hydrogens is 444 g/mol. The molecule has 0 spiro atoms. The number of ether oxygens (including phenoxy) is 1. The van der Waals surface area contributed by atoms with Gasteiger partial charge in [-0.1, -0.05) is 75.1 Å². The molecule has 0 bridgehead atoms. The van der Waals surface area contributed by atoms with Gasteiger partial charge in [0.25, 0.3) is 0 Å². The molecule has 0 atom stereocenters. The highest BCUT2D eigenvalue weighted by atomic mass is 16.5. The van der Waals surface area contributed by atoms with E-state index in [0.29, 0.717) is 6.61 Å². The monoisotopic (exact) mass is 492 g/mol. The summed E-state index contributed by atoms with van der Waals surface area (Å²) in [5.41, 5.74) is 8.22. The Labute approximate surface area is 220 Å². The fourth-order valence-corrected chi connectivity index (χ4v) is 5.35. The maximum atomic E-state index is 10.9. The zero-order valence-electron chi connectivity index (χ0n) is 23.2. The molecule has 1 aliphatic rings. The zero-order chi connectivity index (χ0) is 26.3. The van der Waals surface area contributed by atoms with Crippen LogP contribution >= 0.6 is 0 Å². The molecule has 1 fully saturated rings. The summed E-state index contributed by atoms with van der Waals surface area (Å²) >= 11 is 0. The number of hydrogen-bond acceptors (Lipinski definition) is 3. The van der Waals surface area contributed by atoms with Gasteiger partial charge in [-0.2, -0.15) is 0 Å². The van der Waals surface area contributed by atoms with Crippen LogP contribution in [0.5, 0.6) is 0 Å². The van der Waals surface area contributed by atoms with Crippen molar-refractivity contribution in [3.63, 3.8) is 0 Å².